The fraction of sp³-hybridized carbons (Fsp3) is 0.133. The van der Waals surface area contributed by atoms with Crippen molar-refractivity contribution in [3.63, 3.8) is 0 Å². The summed E-state index contributed by atoms with van der Waals surface area (Å²) >= 11 is 0. The van der Waals surface area contributed by atoms with E-state index in [2.05, 4.69) is 0 Å². The molecule has 0 radical (unpaired) electrons. The Balaban J connectivity index is 2.09. The highest BCUT2D eigenvalue weighted by atomic mass is 19.1. The predicted molar refractivity (Wildman–Crippen MR) is 74.7 cm³/mol. The zero-order valence-corrected chi connectivity index (χ0v) is 11.0. The molecule has 20 heavy (non-hydrogen) atoms. The summed E-state index contributed by atoms with van der Waals surface area (Å²) < 4.78 is 24.2. The molecule has 0 bridgehead atoms. The molecule has 2 rings (SSSR count). The molecule has 0 heterocycles. The Labute approximate surface area is 116 Å². The number of ether oxygens (including phenoxy) is 2. The van der Waals surface area contributed by atoms with Crippen LogP contribution in [0.5, 0.6) is 11.5 Å². The molecular formula is C15H15FN2O2. The molecule has 0 fully saturated rings. The van der Waals surface area contributed by atoms with E-state index in [0.717, 1.165) is 0 Å². The average Bonchev–Trinajstić information content (AvgIpc) is 2.46. The van der Waals surface area contributed by atoms with Crippen LogP contribution in [0.25, 0.3) is 0 Å². The first-order valence-corrected chi connectivity index (χ1v) is 6.00. The molecule has 0 aliphatic carbocycles. The van der Waals surface area contributed by atoms with Crippen LogP contribution < -0.4 is 15.2 Å². The van der Waals surface area contributed by atoms with Gasteiger partial charge in [-0.25, -0.2) is 4.39 Å². The maximum atomic E-state index is 13.7. The van der Waals surface area contributed by atoms with Gasteiger partial charge in [0, 0.05) is 17.2 Å². The predicted octanol–water partition coefficient (Wildman–Crippen LogP) is 2.70. The second-order valence-electron chi connectivity index (χ2n) is 4.19. The zero-order chi connectivity index (χ0) is 14.5. The summed E-state index contributed by atoms with van der Waals surface area (Å²) in [7, 11) is 1.48. The van der Waals surface area contributed by atoms with E-state index in [9.17, 15) is 4.39 Å². The van der Waals surface area contributed by atoms with Crippen LogP contribution in [0.1, 0.15) is 11.1 Å². The summed E-state index contributed by atoms with van der Waals surface area (Å²) in [6.45, 7) is 0.0944. The summed E-state index contributed by atoms with van der Waals surface area (Å²) in [5.41, 5.74) is 6.40. The normalized spacial score (nSPS) is 10.1. The summed E-state index contributed by atoms with van der Waals surface area (Å²) in [6, 6.07) is 11.4. The SMILES string of the molecule is COc1ccc(COc2cccc(C(=N)N)c2)c(F)c1. The van der Waals surface area contributed by atoms with Gasteiger partial charge >= 0.3 is 0 Å². The third-order valence-corrected chi connectivity index (χ3v) is 2.80. The van der Waals surface area contributed by atoms with Gasteiger partial charge in [-0.05, 0) is 24.3 Å². The lowest BCUT2D eigenvalue weighted by atomic mass is 10.2. The number of amidine groups is 1. The Bertz CT molecular complexity index is 629. The lowest BCUT2D eigenvalue weighted by Crippen LogP contribution is -2.10. The van der Waals surface area contributed by atoms with Gasteiger partial charge < -0.3 is 15.2 Å². The lowest BCUT2D eigenvalue weighted by molar-refractivity contribution is 0.299. The minimum atomic E-state index is -0.382. The molecule has 0 aliphatic rings. The molecule has 0 aliphatic heterocycles. The van der Waals surface area contributed by atoms with E-state index < -0.39 is 0 Å². The van der Waals surface area contributed by atoms with Gasteiger partial charge in [-0.15, -0.1) is 0 Å². The number of methoxy groups -OCH3 is 1. The van der Waals surface area contributed by atoms with E-state index >= 15 is 0 Å². The van der Waals surface area contributed by atoms with Crippen molar-refractivity contribution >= 4 is 5.84 Å². The van der Waals surface area contributed by atoms with Gasteiger partial charge in [0.1, 0.15) is 29.8 Å². The summed E-state index contributed by atoms with van der Waals surface area (Å²) in [4.78, 5) is 0. The first kappa shape index (κ1) is 13.9. The Morgan fingerprint density at radius 3 is 2.65 bits per heavy atom. The second-order valence-corrected chi connectivity index (χ2v) is 4.19. The molecule has 0 spiro atoms. The molecule has 2 aromatic rings. The molecule has 2 aromatic carbocycles. The Morgan fingerprint density at radius 2 is 2.00 bits per heavy atom. The summed E-state index contributed by atoms with van der Waals surface area (Å²) in [6.07, 6.45) is 0. The molecule has 0 saturated heterocycles. The molecule has 0 amide bonds. The van der Waals surface area contributed by atoms with Gasteiger partial charge in [-0.2, -0.15) is 0 Å². The van der Waals surface area contributed by atoms with Crippen LogP contribution in [-0.4, -0.2) is 12.9 Å². The van der Waals surface area contributed by atoms with E-state index in [0.29, 0.717) is 22.6 Å². The second kappa shape index (κ2) is 6.06. The minimum Gasteiger partial charge on any atom is -0.497 e. The van der Waals surface area contributed by atoms with Crippen LogP contribution >= 0.6 is 0 Å². The molecular weight excluding hydrogens is 259 g/mol. The van der Waals surface area contributed by atoms with Crippen molar-refractivity contribution in [1.82, 2.24) is 0 Å². The average molecular weight is 274 g/mol. The molecule has 0 unspecified atom stereocenters. The number of halogens is 1. The van der Waals surface area contributed by atoms with Crippen LogP contribution in [0.2, 0.25) is 0 Å². The lowest BCUT2D eigenvalue weighted by Gasteiger charge is -2.09. The first-order chi connectivity index (χ1) is 9.60. The smallest absolute Gasteiger partial charge is 0.133 e. The summed E-state index contributed by atoms with van der Waals surface area (Å²) in [5, 5.41) is 7.36. The number of rotatable bonds is 5. The topological polar surface area (TPSA) is 68.3 Å². The fourth-order valence-corrected chi connectivity index (χ4v) is 1.69. The number of benzene rings is 2. The van der Waals surface area contributed by atoms with Crippen molar-refractivity contribution < 1.29 is 13.9 Å². The quantitative estimate of drug-likeness (QED) is 0.650. The minimum absolute atomic E-state index is 0.0360. The van der Waals surface area contributed by atoms with Crippen molar-refractivity contribution in [3.05, 3.63) is 59.4 Å². The third-order valence-electron chi connectivity index (χ3n) is 2.80. The number of nitrogen functional groups attached to an aromatic ring is 1. The van der Waals surface area contributed by atoms with E-state index in [1.807, 2.05) is 0 Å². The van der Waals surface area contributed by atoms with E-state index in [4.69, 9.17) is 20.6 Å². The molecule has 104 valence electrons. The highest BCUT2D eigenvalue weighted by Gasteiger charge is 2.06. The van der Waals surface area contributed by atoms with Gasteiger partial charge in [0.2, 0.25) is 0 Å². The van der Waals surface area contributed by atoms with Crippen molar-refractivity contribution in [2.24, 2.45) is 5.73 Å². The highest BCUT2D eigenvalue weighted by molar-refractivity contribution is 5.95. The standard InChI is InChI=1S/C15H15FN2O2/c1-19-12-6-5-11(14(16)8-12)9-20-13-4-2-3-10(7-13)15(17)18/h2-8H,9H2,1H3,(H3,17,18). The number of hydrogen-bond donors (Lipinski definition) is 2. The zero-order valence-electron chi connectivity index (χ0n) is 11.0. The Hall–Kier alpha value is -2.56. The molecule has 0 aromatic heterocycles. The van der Waals surface area contributed by atoms with Crippen LogP contribution in [0.4, 0.5) is 4.39 Å². The maximum Gasteiger partial charge on any atom is 0.133 e. The van der Waals surface area contributed by atoms with Crippen molar-refractivity contribution in [3.8, 4) is 11.5 Å². The van der Waals surface area contributed by atoms with Crippen molar-refractivity contribution in [2.75, 3.05) is 7.11 Å². The highest BCUT2D eigenvalue weighted by Crippen LogP contribution is 2.19. The molecule has 4 nitrogen and oxygen atoms in total. The van der Waals surface area contributed by atoms with Gasteiger partial charge in [-0.3, -0.25) is 5.41 Å². The van der Waals surface area contributed by atoms with Gasteiger partial charge in [0.15, 0.2) is 0 Å². The van der Waals surface area contributed by atoms with E-state index in [1.54, 1.807) is 36.4 Å². The van der Waals surface area contributed by atoms with Crippen molar-refractivity contribution in [1.29, 1.82) is 5.41 Å². The van der Waals surface area contributed by atoms with Crippen molar-refractivity contribution in [2.45, 2.75) is 6.61 Å². The first-order valence-electron chi connectivity index (χ1n) is 6.00. The van der Waals surface area contributed by atoms with Gasteiger partial charge in [-0.1, -0.05) is 12.1 Å². The third kappa shape index (κ3) is 3.26. The molecule has 3 N–H and O–H groups in total. The Morgan fingerprint density at radius 1 is 1.20 bits per heavy atom. The van der Waals surface area contributed by atoms with E-state index in [-0.39, 0.29) is 18.3 Å². The van der Waals surface area contributed by atoms with Crippen LogP contribution in [-0.2, 0) is 6.61 Å². The van der Waals surface area contributed by atoms with Gasteiger partial charge in [0.05, 0.1) is 7.11 Å². The maximum absolute atomic E-state index is 13.7. The Kier molecular flexibility index (Phi) is 4.20. The monoisotopic (exact) mass is 274 g/mol. The summed E-state index contributed by atoms with van der Waals surface area (Å²) in [5.74, 6) is 0.580. The number of hydrogen-bond acceptors (Lipinski definition) is 3. The van der Waals surface area contributed by atoms with Crippen LogP contribution in [0, 0.1) is 11.2 Å². The number of nitrogens with two attached hydrogens (primary N) is 1. The van der Waals surface area contributed by atoms with Gasteiger partial charge in [0.25, 0.3) is 0 Å². The largest absolute Gasteiger partial charge is 0.497 e. The molecule has 0 saturated carbocycles. The fourth-order valence-electron chi connectivity index (χ4n) is 1.69. The molecule has 5 heteroatoms. The molecule has 0 atom stereocenters. The van der Waals surface area contributed by atoms with Crippen LogP contribution in [0.15, 0.2) is 42.5 Å². The van der Waals surface area contributed by atoms with Crippen LogP contribution in [0.3, 0.4) is 0 Å². The number of nitrogens with one attached hydrogen (secondary N) is 1. The van der Waals surface area contributed by atoms with E-state index in [1.165, 1.54) is 13.2 Å².